The van der Waals surface area contributed by atoms with E-state index in [1.54, 1.807) is 6.07 Å². The molecule has 1 rings (SSSR count). The van der Waals surface area contributed by atoms with E-state index in [9.17, 15) is 0 Å². The Morgan fingerprint density at radius 3 is 2.92 bits per heavy atom. The third kappa shape index (κ3) is 2.43. The first kappa shape index (κ1) is 9.51. The molecule has 70 valence electrons. The Morgan fingerprint density at radius 2 is 2.38 bits per heavy atom. The van der Waals surface area contributed by atoms with E-state index in [-0.39, 0.29) is 0 Å². The molecule has 2 N–H and O–H groups in total. The highest BCUT2D eigenvalue weighted by atomic mass is 15.2. The molecule has 0 aromatic carbocycles. The maximum atomic E-state index is 5.54. The van der Waals surface area contributed by atoms with E-state index in [0.29, 0.717) is 5.82 Å². The van der Waals surface area contributed by atoms with Gasteiger partial charge in [-0.3, -0.25) is 0 Å². The van der Waals surface area contributed by atoms with Crippen LogP contribution in [0.2, 0.25) is 0 Å². The zero-order valence-corrected chi connectivity index (χ0v) is 7.77. The lowest BCUT2D eigenvalue weighted by molar-refractivity contribution is 0.878. The summed E-state index contributed by atoms with van der Waals surface area (Å²) in [4.78, 5) is 10.0. The van der Waals surface area contributed by atoms with Crippen molar-refractivity contribution in [1.82, 2.24) is 9.97 Å². The van der Waals surface area contributed by atoms with Crippen molar-refractivity contribution in [2.75, 3.05) is 23.7 Å². The Bertz CT molecular complexity index is 285. The lowest BCUT2D eigenvalue weighted by Gasteiger charge is -2.19. The van der Waals surface area contributed by atoms with E-state index in [2.05, 4.69) is 28.4 Å². The molecule has 0 aliphatic carbocycles. The molecule has 0 amide bonds. The molecule has 0 atom stereocenters. The summed E-state index contributed by atoms with van der Waals surface area (Å²) in [5.74, 6) is 1.34. The summed E-state index contributed by atoms with van der Waals surface area (Å²) in [5.41, 5.74) is 5.54. The summed E-state index contributed by atoms with van der Waals surface area (Å²) in [6.07, 6.45) is 3.30. The van der Waals surface area contributed by atoms with Gasteiger partial charge in [0.1, 0.15) is 18.0 Å². The third-order valence-electron chi connectivity index (χ3n) is 1.73. The third-order valence-corrected chi connectivity index (χ3v) is 1.73. The first-order valence-corrected chi connectivity index (χ1v) is 4.21. The molecule has 1 aromatic heterocycles. The predicted molar refractivity (Wildman–Crippen MR) is 54.5 cm³/mol. The Kier molecular flexibility index (Phi) is 3.25. The molecule has 4 nitrogen and oxygen atoms in total. The summed E-state index contributed by atoms with van der Waals surface area (Å²) in [5, 5.41) is 0. The van der Waals surface area contributed by atoms with Gasteiger partial charge in [0.2, 0.25) is 0 Å². The monoisotopic (exact) mass is 178 g/mol. The fraction of sp³-hybridized carbons (Fsp3) is 0.333. The van der Waals surface area contributed by atoms with Gasteiger partial charge in [-0.2, -0.15) is 0 Å². The van der Waals surface area contributed by atoms with Gasteiger partial charge in [0, 0.05) is 19.2 Å². The molecule has 13 heavy (non-hydrogen) atoms. The fourth-order valence-electron chi connectivity index (χ4n) is 1.07. The standard InChI is InChI=1S/C9H14N4/c1-3-5-13(4-2)9-6-8(10)11-7-12-9/h3,6-7H,1,4-5H2,2H3,(H2,10,11,12). The van der Waals surface area contributed by atoms with Crippen molar-refractivity contribution < 1.29 is 0 Å². The number of nitrogen functional groups attached to an aromatic ring is 1. The van der Waals surface area contributed by atoms with Crippen LogP contribution in [0.3, 0.4) is 0 Å². The Morgan fingerprint density at radius 1 is 1.62 bits per heavy atom. The lowest BCUT2D eigenvalue weighted by Crippen LogP contribution is -2.23. The first-order chi connectivity index (χ1) is 6.27. The van der Waals surface area contributed by atoms with Crippen molar-refractivity contribution in [3.05, 3.63) is 25.0 Å². The molecule has 0 radical (unpaired) electrons. The fourth-order valence-corrected chi connectivity index (χ4v) is 1.07. The molecular weight excluding hydrogens is 164 g/mol. The van der Waals surface area contributed by atoms with Gasteiger partial charge >= 0.3 is 0 Å². The van der Waals surface area contributed by atoms with Gasteiger partial charge in [0.25, 0.3) is 0 Å². The number of aromatic nitrogens is 2. The number of hydrogen-bond donors (Lipinski definition) is 1. The minimum Gasteiger partial charge on any atom is -0.384 e. The average Bonchev–Trinajstić information content (AvgIpc) is 2.14. The maximum Gasteiger partial charge on any atom is 0.134 e. The molecule has 4 heteroatoms. The molecule has 0 saturated heterocycles. The highest BCUT2D eigenvalue weighted by Gasteiger charge is 2.03. The zero-order valence-electron chi connectivity index (χ0n) is 7.77. The van der Waals surface area contributed by atoms with Crippen LogP contribution < -0.4 is 10.6 Å². The number of nitrogens with zero attached hydrogens (tertiary/aromatic N) is 3. The minimum absolute atomic E-state index is 0.493. The van der Waals surface area contributed by atoms with Crippen LogP contribution in [0.25, 0.3) is 0 Å². The van der Waals surface area contributed by atoms with Crippen LogP contribution in [0.4, 0.5) is 11.6 Å². The number of nitrogens with two attached hydrogens (primary N) is 1. The van der Waals surface area contributed by atoms with Crippen molar-refractivity contribution in [3.8, 4) is 0 Å². The van der Waals surface area contributed by atoms with E-state index < -0.39 is 0 Å². The summed E-state index contributed by atoms with van der Waals surface area (Å²) in [6.45, 7) is 7.39. The molecule has 0 unspecified atom stereocenters. The Labute approximate surface area is 78.1 Å². The van der Waals surface area contributed by atoms with E-state index in [0.717, 1.165) is 18.9 Å². The highest BCUT2D eigenvalue weighted by molar-refractivity contribution is 5.46. The van der Waals surface area contributed by atoms with Gasteiger partial charge in [-0.05, 0) is 6.92 Å². The number of rotatable bonds is 4. The minimum atomic E-state index is 0.493. The smallest absolute Gasteiger partial charge is 0.134 e. The highest BCUT2D eigenvalue weighted by Crippen LogP contribution is 2.10. The molecule has 0 aliphatic heterocycles. The van der Waals surface area contributed by atoms with Crippen molar-refractivity contribution in [2.45, 2.75) is 6.92 Å². The van der Waals surface area contributed by atoms with Gasteiger partial charge in [-0.1, -0.05) is 6.08 Å². The van der Waals surface area contributed by atoms with E-state index in [4.69, 9.17) is 5.73 Å². The van der Waals surface area contributed by atoms with Gasteiger partial charge < -0.3 is 10.6 Å². The van der Waals surface area contributed by atoms with Crippen molar-refractivity contribution in [2.24, 2.45) is 0 Å². The van der Waals surface area contributed by atoms with E-state index >= 15 is 0 Å². The predicted octanol–water partition coefficient (Wildman–Crippen LogP) is 1.07. The normalized spacial score (nSPS) is 9.62. The van der Waals surface area contributed by atoms with Crippen LogP contribution in [-0.2, 0) is 0 Å². The van der Waals surface area contributed by atoms with Crippen molar-refractivity contribution in [3.63, 3.8) is 0 Å². The Balaban J connectivity index is 2.84. The number of hydrogen-bond acceptors (Lipinski definition) is 4. The largest absolute Gasteiger partial charge is 0.384 e. The number of anilines is 2. The van der Waals surface area contributed by atoms with E-state index in [1.165, 1.54) is 6.33 Å². The summed E-state index contributed by atoms with van der Waals surface area (Å²) in [6, 6.07) is 1.76. The first-order valence-electron chi connectivity index (χ1n) is 4.21. The van der Waals surface area contributed by atoms with Crippen LogP contribution in [0.5, 0.6) is 0 Å². The van der Waals surface area contributed by atoms with Gasteiger partial charge in [0.15, 0.2) is 0 Å². The molecule has 0 bridgehead atoms. The summed E-state index contributed by atoms with van der Waals surface area (Å²) >= 11 is 0. The molecule has 1 aromatic rings. The molecule has 0 aliphatic rings. The van der Waals surface area contributed by atoms with E-state index in [1.807, 2.05) is 6.08 Å². The molecule has 0 spiro atoms. The second-order valence-corrected chi connectivity index (χ2v) is 2.63. The summed E-state index contributed by atoms with van der Waals surface area (Å²) < 4.78 is 0. The molecular formula is C9H14N4. The van der Waals surface area contributed by atoms with Gasteiger partial charge in [-0.25, -0.2) is 9.97 Å². The maximum absolute atomic E-state index is 5.54. The molecule has 0 saturated carbocycles. The molecule has 1 heterocycles. The van der Waals surface area contributed by atoms with Crippen molar-refractivity contribution >= 4 is 11.6 Å². The van der Waals surface area contributed by atoms with Gasteiger partial charge in [0.05, 0.1) is 0 Å². The topological polar surface area (TPSA) is 55.0 Å². The van der Waals surface area contributed by atoms with Crippen LogP contribution in [0, 0.1) is 0 Å². The Hall–Kier alpha value is -1.58. The van der Waals surface area contributed by atoms with Crippen LogP contribution >= 0.6 is 0 Å². The van der Waals surface area contributed by atoms with Crippen molar-refractivity contribution in [1.29, 1.82) is 0 Å². The lowest BCUT2D eigenvalue weighted by atomic mass is 10.4. The zero-order chi connectivity index (χ0) is 9.68. The number of likely N-dealkylation sites (N-methyl/N-ethyl adjacent to an activating group) is 1. The van der Waals surface area contributed by atoms with Gasteiger partial charge in [-0.15, -0.1) is 6.58 Å². The SMILES string of the molecule is C=CCN(CC)c1cc(N)ncn1. The second-order valence-electron chi connectivity index (χ2n) is 2.63. The van der Waals surface area contributed by atoms with Crippen LogP contribution in [0.15, 0.2) is 25.0 Å². The second kappa shape index (κ2) is 4.45. The van der Waals surface area contributed by atoms with Crippen LogP contribution in [0.1, 0.15) is 6.92 Å². The quantitative estimate of drug-likeness (QED) is 0.701. The summed E-state index contributed by atoms with van der Waals surface area (Å²) in [7, 11) is 0. The average molecular weight is 178 g/mol. The molecule has 0 fully saturated rings. The van der Waals surface area contributed by atoms with Crippen LogP contribution in [-0.4, -0.2) is 23.1 Å².